The van der Waals surface area contributed by atoms with E-state index in [4.69, 9.17) is 16.1 Å². The van der Waals surface area contributed by atoms with Crippen LogP contribution in [0.5, 0.6) is 0 Å². The Labute approximate surface area is 131 Å². The zero-order valence-corrected chi connectivity index (χ0v) is 12.5. The third-order valence-corrected chi connectivity index (χ3v) is 3.65. The number of aromatic nitrogens is 3. The van der Waals surface area contributed by atoms with Crippen LogP contribution in [0.2, 0.25) is 5.02 Å². The summed E-state index contributed by atoms with van der Waals surface area (Å²) in [6, 6.07) is 0.699. The number of amides is 1. The Balaban J connectivity index is 1.95. The average Bonchev–Trinajstić information content (AvgIpc) is 2.81. The Hall–Kier alpha value is -1.81. The first kappa shape index (κ1) is 16.6. The monoisotopic (exact) mass is 352 g/mol. The number of carbonyl (C=O) groups is 1. The van der Waals surface area contributed by atoms with E-state index in [-0.39, 0.29) is 21.8 Å². The standard InChI is InChI=1S/C11H8ClF3N4O2S/c1-5-17-10(21-19-5)18-8(20)4-22-9-7(12)2-6(3-16-9)11(13,14)15/h2-3H,4H2,1H3,(H,17,18,19,20). The number of carbonyl (C=O) groups excluding carboxylic acids is 1. The first-order chi connectivity index (χ1) is 10.3. The van der Waals surface area contributed by atoms with Crippen molar-refractivity contribution in [3.8, 4) is 0 Å². The first-order valence-corrected chi connectivity index (χ1v) is 7.08. The number of hydrogen-bond acceptors (Lipinski definition) is 6. The van der Waals surface area contributed by atoms with Gasteiger partial charge in [-0.3, -0.25) is 10.1 Å². The van der Waals surface area contributed by atoms with Gasteiger partial charge in [-0.05, 0) is 13.0 Å². The van der Waals surface area contributed by atoms with Gasteiger partial charge in [0.25, 0.3) is 0 Å². The molecule has 0 atom stereocenters. The molecule has 1 amide bonds. The van der Waals surface area contributed by atoms with E-state index < -0.39 is 17.6 Å². The number of nitrogens with zero attached hydrogens (tertiary/aromatic N) is 3. The van der Waals surface area contributed by atoms with Crippen molar-refractivity contribution in [2.45, 2.75) is 18.1 Å². The fourth-order valence-electron chi connectivity index (χ4n) is 1.32. The molecule has 0 aliphatic carbocycles. The van der Waals surface area contributed by atoms with Gasteiger partial charge in [0.2, 0.25) is 5.91 Å². The number of anilines is 1. The van der Waals surface area contributed by atoms with E-state index in [0.29, 0.717) is 12.0 Å². The third kappa shape index (κ3) is 4.34. The van der Waals surface area contributed by atoms with E-state index in [2.05, 4.69) is 20.4 Å². The van der Waals surface area contributed by atoms with Crippen molar-refractivity contribution in [2.75, 3.05) is 11.1 Å². The van der Waals surface area contributed by atoms with Crippen LogP contribution in [-0.2, 0) is 11.0 Å². The predicted octanol–water partition coefficient (Wildman–Crippen LogP) is 3.18. The zero-order valence-electron chi connectivity index (χ0n) is 10.9. The van der Waals surface area contributed by atoms with Crippen LogP contribution in [0.15, 0.2) is 21.8 Å². The molecule has 0 unspecified atom stereocenters. The summed E-state index contributed by atoms with van der Waals surface area (Å²) in [4.78, 5) is 19.0. The lowest BCUT2D eigenvalue weighted by atomic mass is 10.3. The van der Waals surface area contributed by atoms with Gasteiger partial charge in [-0.25, -0.2) is 4.98 Å². The summed E-state index contributed by atoms with van der Waals surface area (Å²) in [5.41, 5.74) is -0.951. The number of alkyl halides is 3. The van der Waals surface area contributed by atoms with Crippen molar-refractivity contribution in [1.29, 1.82) is 0 Å². The van der Waals surface area contributed by atoms with E-state index in [0.717, 1.165) is 17.8 Å². The van der Waals surface area contributed by atoms with Gasteiger partial charge < -0.3 is 4.52 Å². The normalized spacial score (nSPS) is 11.5. The van der Waals surface area contributed by atoms with Crippen LogP contribution in [-0.4, -0.2) is 26.8 Å². The number of aryl methyl sites for hydroxylation is 1. The maximum Gasteiger partial charge on any atom is 0.417 e. The summed E-state index contributed by atoms with van der Waals surface area (Å²) in [7, 11) is 0. The van der Waals surface area contributed by atoms with Crippen LogP contribution in [0, 0.1) is 6.92 Å². The van der Waals surface area contributed by atoms with Crippen LogP contribution in [0.4, 0.5) is 19.2 Å². The van der Waals surface area contributed by atoms with Gasteiger partial charge in [0, 0.05) is 6.20 Å². The van der Waals surface area contributed by atoms with Gasteiger partial charge in [0.05, 0.1) is 16.3 Å². The van der Waals surface area contributed by atoms with Crippen molar-refractivity contribution in [3.63, 3.8) is 0 Å². The maximum absolute atomic E-state index is 12.5. The molecule has 0 aliphatic heterocycles. The minimum atomic E-state index is -4.52. The molecular formula is C11H8ClF3N4O2S. The Morgan fingerprint density at radius 3 is 2.77 bits per heavy atom. The number of hydrogen-bond donors (Lipinski definition) is 1. The summed E-state index contributed by atoms with van der Waals surface area (Å²) in [6.07, 6.45) is -3.86. The van der Waals surface area contributed by atoms with E-state index >= 15 is 0 Å². The molecule has 0 radical (unpaired) electrons. The van der Waals surface area contributed by atoms with Gasteiger partial charge in [-0.15, -0.1) is 0 Å². The maximum atomic E-state index is 12.5. The van der Waals surface area contributed by atoms with Crippen LogP contribution >= 0.6 is 23.4 Å². The molecule has 0 aromatic carbocycles. The van der Waals surface area contributed by atoms with E-state index in [1.165, 1.54) is 0 Å². The Kier molecular flexibility index (Phi) is 4.91. The highest BCUT2D eigenvalue weighted by molar-refractivity contribution is 8.00. The van der Waals surface area contributed by atoms with Crippen molar-refractivity contribution in [3.05, 3.63) is 28.7 Å². The molecule has 1 N–H and O–H groups in total. The summed E-state index contributed by atoms with van der Waals surface area (Å²) in [5.74, 6) is -0.249. The highest BCUT2D eigenvalue weighted by Crippen LogP contribution is 2.33. The lowest BCUT2D eigenvalue weighted by Crippen LogP contribution is -2.14. The molecule has 118 valence electrons. The van der Waals surface area contributed by atoms with Crippen molar-refractivity contribution in [2.24, 2.45) is 0 Å². The average molecular weight is 353 g/mol. The Morgan fingerprint density at radius 2 is 2.23 bits per heavy atom. The molecule has 2 aromatic rings. The van der Waals surface area contributed by atoms with Crippen molar-refractivity contribution >= 4 is 35.3 Å². The Bertz CT molecular complexity index is 692. The minimum Gasteiger partial charge on any atom is -0.315 e. The summed E-state index contributed by atoms with van der Waals surface area (Å²) in [6.45, 7) is 1.58. The molecule has 0 bridgehead atoms. The predicted molar refractivity (Wildman–Crippen MR) is 72.6 cm³/mol. The fourth-order valence-corrected chi connectivity index (χ4v) is 2.32. The van der Waals surface area contributed by atoms with Gasteiger partial charge >= 0.3 is 12.2 Å². The molecule has 2 rings (SSSR count). The number of rotatable bonds is 4. The van der Waals surface area contributed by atoms with Crippen LogP contribution in [0.25, 0.3) is 0 Å². The van der Waals surface area contributed by atoms with Crippen LogP contribution in [0.1, 0.15) is 11.4 Å². The molecule has 0 saturated heterocycles. The molecule has 0 spiro atoms. The topological polar surface area (TPSA) is 80.9 Å². The highest BCUT2D eigenvalue weighted by Gasteiger charge is 2.31. The molecule has 6 nitrogen and oxygen atoms in total. The van der Waals surface area contributed by atoms with Crippen molar-refractivity contribution in [1.82, 2.24) is 15.1 Å². The first-order valence-electron chi connectivity index (χ1n) is 5.71. The second-order valence-electron chi connectivity index (χ2n) is 3.99. The largest absolute Gasteiger partial charge is 0.417 e. The number of thioether (sulfide) groups is 1. The van der Waals surface area contributed by atoms with Gasteiger partial charge in [0.1, 0.15) is 5.03 Å². The second kappa shape index (κ2) is 6.53. The van der Waals surface area contributed by atoms with E-state index in [1.54, 1.807) is 6.92 Å². The van der Waals surface area contributed by atoms with Crippen molar-refractivity contribution < 1.29 is 22.5 Å². The third-order valence-electron chi connectivity index (χ3n) is 2.25. The summed E-state index contributed by atoms with van der Waals surface area (Å²) >= 11 is 6.61. The smallest absolute Gasteiger partial charge is 0.315 e. The molecule has 0 saturated carbocycles. The molecule has 0 fully saturated rings. The molecule has 11 heteroatoms. The molecule has 0 aliphatic rings. The lowest BCUT2D eigenvalue weighted by molar-refractivity contribution is -0.137. The number of halogens is 4. The van der Waals surface area contributed by atoms with Gasteiger partial charge in [-0.1, -0.05) is 28.5 Å². The lowest BCUT2D eigenvalue weighted by Gasteiger charge is -2.08. The van der Waals surface area contributed by atoms with Crippen LogP contribution in [0.3, 0.4) is 0 Å². The number of nitrogens with one attached hydrogen (secondary N) is 1. The van der Waals surface area contributed by atoms with Crippen LogP contribution < -0.4 is 5.32 Å². The molecule has 2 aromatic heterocycles. The fraction of sp³-hybridized carbons (Fsp3) is 0.273. The quantitative estimate of drug-likeness (QED) is 0.851. The zero-order chi connectivity index (χ0) is 16.3. The minimum absolute atomic E-state index is 0.0606. The SMILES string of the molecule is Cc1noc(NC(=O)CSc2ncc(C(F)(F)F)cc2Cl)n1. The van der Waals surface area contributed by atoms with E-state index in [9.17, 15) is 18.0 Å². The molecule has 2 heterocycles. The summed E-state index contributed by atoms with van der Waals surface area (Å²) < 4.78 is 42.1. The molecule has 22 heavy (non-hydrogen) atoms. The molecular weight excluding hydrogens is 345 g/mol. The summed E-state index contributed by atoms with van der Waals surface area (Å²) in [5, 5.41) is 5.76. The Morgan fingerprint density at radius 1 is 1.50 bits per heavy atom. The number of pyridine rings is 1. The van der Waals surface area contributed by atoms with E-state index in [1.807, 2.05) is 0 Å². The van der Waals surface area contributed by atoms with Gasteiger partial charge in [-0.2, -0.15) is 18.2 Å². The highest BCUT2D eigenvalue weighted by atomic mass is 35.5. The van der Waals surface area contributed by atoms with Gasteiger partial charge in [0.15, 0.2) is 5.82 Å². The second-order valence-corrected chi connectivity index (χ2v) is 5.36.